The van der Waals surface area contributed by atoms with Gasteiger partial charge in [-0.1, -0.05) is 69.0 Å². The van der Waals surface area contributed by atoms with Crippen LogP contribution in [0, 0.1) is 0 Å². The van der Waals surface area contributed by atoms with Gasteiger partial charge in [0.25, 0.3) is 0 Å². The Morgan fingerprint density at radius 1 is 0.972 bits per heavy atom. The van der Waals surface area contributed by atoms with Gasteiger partial charge in [-0.05, 0) is 69.8 Å². The number of aryl methyl sites for hydroxylation is 1. The lowest BCUT2D eigenvalue weighted by atomic mass is 10.0. The number of carbonyl (C=O) groups is 2. The van der Waals surface area contributed by atoms with E-state index in [0.717, 1.165) is 62.4 Å². The van der Waals surface area contributed by atoms with Gasteiger partial charge < -0.3 is 9.84 Å². The van der Waals surface area contributed by atoms with Gasteiger partial charge in [0, 0.05) is 23.4 Å². The van der Waals surface area contributed by atoms with Gasteiger partial charge in [-0.2, -0.15) is 0 Å². The number of nitrogens with zero attached hydrogens (tertiary/aromatic N) is 1. The highest BCUT2D eigenvalue weighted by atomic mass is 32.1. The van der Waals surface area contributed by atoms with Crippen LogP contribution in [0.15, 0.2) is 53.4 Å². The maximum atomic E-state index is 10.8. The summed E-state index contributed by atoms with van der Waals surface area (Å²) in [6.07, 6.45) is 10.7. The SMILES string of the molecule is CC(=O)c1ccccc1S.CCCCCCN(CCCCCC(=O)O)CC1CCc2ccccc2O1. The Bertz CT molecular complexity index is 933. The van der Waals surface area contributed by atoms with E-state index in [1.165, 1.54) is 38.2 Å². The minimum atomic E-state index is -0.685. The molecule has 1 N–H and O–H groups in total. The Kier molecular flexibility index (Phi) is 14.3. The first-order valence-corrected chi connectivity index (χ1v) is 13.8. The molecule has 2 aromatic rings. The molecule has 1 heterocycles. The molecule has 198 valence electrons. The van der Waals surface area contributed by atoms with E-state index >= 15 is 0 Å². The van der Waals surface area contributed by atoms with Gasteiger partial charge in [-0.3, -0.25) is 14.5 Å². The van der Waals surface area contributed by atoms with Crippen molar-refractivity contribution >= 4 is 24.4 Å². The van der Waals surface area contributed by atoms with E-state index < -0.39 is 5.97 Å². The maximum absolute atomic E-state index is 10.8. The first kappa shape index (κ1) is 29.9. The molecule has 0 saturated carbocycles. The Labute approximate surface area is 222 Å². The molecule has 0 amide bonds. The van der Waals surface area contributed by atoms with Crippen molar-refractivity contribution in [2.45, 2.75) is 89.1 Å². The zero-order valence-corrected chi connectivity index (χ0v) is 22.8. The zero-order valence-electron chi connectivity index (χ0n) is 22.0. The van der Waals surface area contributed by atoms with E-state index in [1.807, 2.05) is 18.2 Å². The standard InChI is InChI=1S/C22H35NO3.C8H8OS/c1-2-3-4-9-16-23(17-10-5-6-13-22(24)25)18-20-15-14-19-11-7-8-12-21(19)26-20;1-6(9)7-4-2-3-5-8(7)10/h7-8,11-12,20H,2-6,9-10,13-18H2,1H3,(H,24,25);2-5,10H,1H3. The molecule has 3 rings (SSSR count). The number of benzene rings is 2. The Hall–Kier alpha value is -2.31. The number of thiol groups is 1. The van der Waals surface area contributed by atoms with Crippen LogP contribution >= 0.6 is 12.6 Å². The second-order valence-corrected chi connectivity index (χ2v) is 10.0. The predicted molar refractivity (Wildman–Crippen MR) is 150 cm³/mol. The average molecular weight is 514 g/mol. The van der Waals surface area contributed by atoms with Crippen LogP contribution in [0.25, 0.3) is 0 Å². The molecule has 0 fully saturated rings. The topological polar surface area (TPSA) is 66.8 Å². The number of ketones is 1. The van der Waals surface area contributed by atoms with Crippen molar-refractivity contribution in [2.24, 2.45) is 0 Å². The van der Waals surface area contributed by atoms with Gasteiger partial charge in [0.2, 0.25) is 0 Å². The molecule has 5 nitrogen and oxygen atoms in total. The summed E-state index contributed by atoms with van der Waals surface area (Å²) in [5.74, 6) is 0.428. The van der Waals surface area contributed by atoms with Crippen LogP contribution in [-0.4, -0.2) is 47.5 Å². The van der Waals surface area contributed by atoms with Crippen LogP contribution in [0.2, 0.25) is 0 Å². The van der Waals surface area contributed by atoms with Crippen LogP contribution in [0.3, 0.4) is 0 Å². The van der Waals surface area contributed by atoms with E-state index in [-0.39, 0.29) is 11.9 Å². The summed E-state index contributed by atoms with van der Waals surface area (Å²) in [5, 5.41) is 8.76. The van der Waals surface area contributed by atoms with Crippen LogP contribution in [0.4, 0.5) is 0 Å². The van der Waals surface area contributed by atoms with Crippen LogP contribution in [-0.2, 0) is 11.2 Å². The first-order chi connectivity index (χ1) is 17.4. The number of aliphatic carboxylic acids is 1. The summed E-state index contributed by atoms with van der Waals surface area (Å²) in [5.41, 5.74) is 2.01. The Balaban J connectivity index is 0.000000380. The highest BCUT2D eigenvalue weighted by molar-refractivity contribution is 7.80. The second-order valence-electron chi connectivity index (χ2n) is 9.53. The van der Waals surface area contributed by atoms with Gasteiger partial charge in [0.05, 0.1) is 0 Å². The van der Waals surface area contributed by atoms with Crippen molar-refractivity contribution in [3.8, 4) is 5.75 Å². The van der Waals surface area contributed by atoms with Crippen molar-refractivity contribution < 1.29 is 19.4 Å². The number of fused-ring (bicyclic) bond motifs is 1. The summed E-state index contributed by atoms with van der Waals surface area (Å²) in [6.45, 7) is 6.94. The molecule has 0 spiro atoms. The summed E-state index contributed by atoms with van der Waals surface area (Å²) in [4.78, 5) is 24.7. The maximum Gasteiger partial charge on any atom is 0.303 e. The summed E-state index contributed by atoms with van der Waals surface area (Å²) < 4.78 is 6.23. The number of hydrogen-bond donors (Lipinski definition) is 2. The normalized spacial score (nSPS) is 14.4. The van der Waals surface area contributed by atoms with E-state index in [1.54, 1.807) is 12.1 Å². The molecule has 1 aliphatic rings. The quantitative estimate of drug-likeness (QED) is 0.160. The average Bonchev–Trinajstić information content (AvgIpc) is 2.86. The lowest BCUT2D eigenvalue weighted by Gasteiger charge is -2.31. The van der Waals surface area contributed by atoms with Crippen molar-refractivity contribution in [2.75, 3.05) is 19.6 Å². The van der Waals surface area contributed by atoms with Gasteiger partial charge in [-0.25, -0.2) is 0 Å². The Morgan fingerprint density at radius 2 is 1.64 bits per heavy atom. The third-order valence-electron chi connectivity index (χ3n) is 6.44. The van der Waals surface area contributed by atoms with Crippen LogP contribution in [0.5, 0.6) is 5.75 Å². The molecule has 0 radical (unpaired) electrons. The minimum Gasteiger partial charge on any atom is -0.489 e. The van der Waals surface area contributed by atoms with E-state index in [2.05, 4.69) is 42.7 Å². The number of ether oxygens (including phenoxy) is 1. The van der Waals surface area contributed by atoms with Gasteiger partial charge in [0.1, 0.15) is 11.9 Å². The molecule has 1 unspecified atom stereocenters. The molecule has 0 aromatic heterocycles. The lowest BCUT2D eigenvalue weighted by Crippen LogP contribution is -2.38. The highest BCUT2D eigenvalue weighted by Crippen LogP contribution is 2.27. The van der Waals surface area contributed by atoms with Crippen molar-refractivity contribution in [3.05, 3.63) is 59.7 Å². The number of unbranched alkanes of at least 4 members (excludes halogenated alkanes) is 5. The van der Waals surface area contributed by atoms with Crippen molar-refractivity contribution in [1.29, 1.82) is 0 Å². The van der Waals surface area contributed by atoms with E-state index in [0.29, 0.717) is 12.0 Å². The number of Topliss-reactive ketones (excluding diaryl/α,β-unsaturated/α-hetero) is 1. The number of carbonyl (C=O) groups excluding carboxylic acids is 1. The summed E-state index contributed by atoms with van der Waals surface area (Å²) in [6, 6.07) is 15.6. The molecular weight excluding hydrogens is 470 g/mol. The second kappa shape index (κ2) is 17.2. The predicted octanol–water partition coefficient (Wildman–Crippen LogP) is 7.09. The molecule has 0 bridgehead atoms. The monoisotopic (exact) mass is 513 g/mol. The molecule has 1 aliphatic heterocycles. The van der Waals surface area contributed by atoms with E-state index in [9.17, 15) is 9.59 Å². The minimum absolute atomic E-state index is 0.0607. The number of hydrogen-bond acceptors (Lipinski definition) is 5. The fourth-order valence-electron chi connectivity index (χ4n) is 4.41. The van der Waals surface area contributed by atoms with Gasteiger partial charge in [0.15, 0.2) is 5.78 Å². The van der Waals surface area contributed by atoms with Crippen LogP contribution < -0.4 is 4.74 Å². The number of rotatable bonds is 14. The fraction of sp³-hybridized carbons (Fsp3) is 0.533. The highest BCUT2D eigenvalue weighted by Gasteiger charge is 2.21. The third-order valence-corrected chi connectivity index (χ3v) is 6.83. The molecule has 0 saturated heterocycles. The molecule has 0 aliphatic carbocycles. The van der Waals surface area contributed by atoms with E-state index in [4.69, 9.17) is 9.84 Å². The largest absolute Gasteiger partial charge is 0.489 e. The Morgan fingerprint density at radius 3 is 2.28 bits per heavy atom. The first-order valence-electron chi connectivity index (χ1n) is 13.4. The van der Waals surface area contributed by atoms with Gasteiger partial charge >= 0.3 is 5.97 Å². The number of carboxylic acids is 1. The number of carboxylic acid groups (broad SMARTS) is 1. The van der Waals surface area contributed by atoms with Crippen LogP contribution in [0.1, 0.15) is 87.6 Å². The smallest absolute Gasteiger partial charge is 0.303 e. The fourth-order valence-corrected chi connectivity index (χ4v) is 4.73. The molecule has 36 heavy (non-hydrogen) atoms. The summed E-state index contributed by atoms with van der Waals surface area (Å²) in [7, 11) is 0. The molecule has 2 aromatic carbocycles. The number of para-hydroxylation sites is 1. The third kappa shape index (κ3) is 11.6. The summed E-state index contributed by atoms with van der Waals surface area (Å²) >= 11 is 4.12. The molecular formula is C30H43NO4S. The lowest BCUT2D eigenvalue weighted by molar-refractivity contribution is -0.137. The molecule has 6 heteroatoms. The van der Waals surface area contributed by atoms with Gasteiger partial charge in [-0.15, -0.1) is 12.6 Å². The zero-order chi connectivity index (χ0) is 26.2. The van der Waals surface area contributed by atoms with Crippen molar-refractivity contribution in [1.82, 2.24) is 4.90 Å². The van der Waals surface area contributed by atoms with Crippen molar-refractivity contribution in [3.63, 3.8) is 0 Å². The molecule has 1 atom stereocenters.